The Morgan fingerprint density at radius 2 is 1.62 bits per heavy atom. The van der Waals surface area contributed by atoms with Gasteiger partial charge in [-0.3, -0.25) is 14.5 Å². The second-order valence-corrected chi connectivity index (χ2v) is 6.26. The molecule has 0 aliphatic rings. The number of aryl methyl sites for hydroxylation is 2. The van der Waals surface area contributed by atoms with Gasteiger partial charge in [-0.25, -0.2) is 4.39 Å². The maximum atomic E-state index is 13.8. The number of hydrogen-bond donors (Lipinski definition) is 2. The molecule has 2 N–H and O–H groups in total. The molecule has 2 rings (SSSR count). The van der Waals surface area contributed by atoms with Gasteiger partial charge >= 0.3 is 0 Å². The van der Waals surface area contributed by atoms with Crippen LogP contribution in [0.1, 0.15) is 18.1 Å². The zero-order valence-electron chi connectivity index (χ0n) is 15.3. The fourth-order valence-corrected chi connectivity index (χ4v) is 2.60. The van der Waals surface area contributed by atoms with E-state index in [1.807, 2.05) is 31.2 Å². The fraction of sp³-hybridized carbons (Fsp3) is 0.300. The molecular formula is C20H24FN3O2. The van der Waals surface area contributed by atoms with Gasteiger partial charge in [0, 0.05) is 5.69 Å². The topological polar surface area (TPSA) is 61.4 Å². The van der Waals surface area contributed by atoms with E-state index in [0.29, 0.717) is 0 Å². The summed E-state index contributed by atoms with van der Waals surface area (Å²) < 4.78 is 13.8. The van der Waals surface area contributed by atoms with Crippen LogP contribution in [-0.4, -0.2) is 36.9 Å². The molecule has 5 nitrogen and oxygen atoms in total. The minimum Gasteiger partial charge on any atom is -0.325 e. The second-order valence-electron chi connectivity index (χ2n) is 6.26. The van der Waals surface area contributed by atoms with Gasteiger partial charge in [-0.2, -0.15) is 0 Å². The highest BCUT2D eigenvalue weighted by Crippen LogP contribution is 2.16. The highest BCUT2D eigenvalue weighted by molar-refractivity contribution is 5.95. The van der Waals surface area contributed by atoms with Crippen molar-refractivity contribution in [3.63, 3.8) is 0 Å². The number of rotatable bonds is 7. The third-order valence-corrected chi connectivity index (χ3v) is 3.90. The molecule has 2 aromatic carbocycles. The first-order valence-corrected chi connectivity index (χ1v) is 8.51. The highest BCUT2D eigenvalue weighted by atomic mass is 19.1. The first-order chi connectivity index (χ1) is 12.4. The number of likely N-dealkylation sites (N-methyl/N-ethyl adjacent to an activating group) is 1. The predicted octanol–water partition coefficient (Wildman–Crippen LogP) is 3.21. The average molecular weight is 357 g/mol. The molecule has 0 fully saturated rings. The van der Waals surface area contributed by atoms with Crippen LogP contribution in [0.3, 0.4) is 0 Å². The second kappa shape index (κ2) is 9.10. The van der Waals surface area contributed by atoms with Crippen molar-refractivity contribution in [2.75, 3.05) is 30.8 Å². The summed E-state index contributed by atoms with van der Waals surface area (Å²) in [5.74, 6) is -1.06. The molecule has 0 aromatic heterocycles. The summed E-state index contributed by atoms with van der Waals surface area (Å²) in [5, 5.41) is 5.38. The van der Waals surface area contributed by atoms with Crippen molar-refractivity contribution in [1.82, 2.24) is 4.90 Å². The number of nitrogens with zero attached hydrogens (tertiary/aromatic N) is 1. The molecule has 0 aliphatic carbocycles. The molecule has 0 saturated carbocycles. The summed E-state index contributed by atoms with van der Waals surface area (Å²) in [5.41, 5.74) is 2.74. The molecule has 0 bridgehead atoms. The lowest BCUT2D eigenvalue weighted by atomic mass is 10.1. The monoisotopic (exact) mass is 357 g/mol. The highest BCUT2D eigenvalue weighted by Gasteiger charge is 2.13. The maximum Gasteiger partial charge on any atom is 0.238 e. The Kier molecular flexibility index (Phi) is 6.86. The summed E-state index contributed by atoms with van der Waals surface area (Å²) >= 11 is 0. The van der Waals surface area contributed by atoms with Gasteiger partial charge in [-0.1, -0.05) is 31.2 Å². The third kappa shape index (κ3) is 5.67. The van der Waals surface area contributed by atoms with E-state index >= 15 is 0 Å². The third-order valence-electron chi connectivity index (χ3n) is 3.90. The molecule has 0 aliphatic heterocycles. The van der Waals surface area contributed by atoms with Crippen molar-refractivity contribution in [2.45, 2.75) is 20.3 Å². The molecule has 2 amide bonds. The van der Waals surface area contributed by atoms with Crippen LogP contribution in [0.4, 0.5) is 15.8 Å². The van der Waals surface area contributed by atoms with E-state index in [2.05, 4.69) is 10.6 Å². The van der Waals surface area contributed by atoms with Crippen molar-refractivity contribution in [1.29, 1.82) is 0 Å². The molecule has 138 valence electrons. The normalized spacial score (nSPS) is 10.7. The molecule has 6 heteroatoms. The number of para-hydroxylation sites is 1. The largest absolute Gasteiger partial charge is 0.325 e. The van der Waals surface area contributed by atoms with Crippen LogP contribution in [0, 0.1) is 12.7 Å². The number of nitrogens with one attached hydrogen (secondary N) is 2. The van der Waals surface area contributed by atoms with Crippen LogP contribution in [0.15, 0.2) is 42.5 Å². The smallest absolute Gasteiger partial charge is 0.238 e. The molecule has 2 aromatic rings. The summed E-state index contributed by atoms with van der Waals surface area (Å²) in [6.07, 6.45) is 0.816. The Labute approximate surface area is 153 Å². The number of amides is 2. The standard InChI is InChI=1S/C20H24FN3O2/c1-4-15-7-5-6-8-17(15)22-19(25)12-24(3)13-20(26)23-18-10-9-14(2)11-16(18)21/h5-11H,4,12-13H2,1-3H3,(H,22,25)(H,23,26). The van der Waals surface area contributed by atoms with Gasteiger partial charge in [-0.15, -0.1) is 0 Å². The van der Waals surface area contributed by atoms with Crippen LogP contribution in [-0.2, 0) is 16.0 Å². The van der Waals surface area contributed by atoms with E-state index in [1.54, 1.807) is 24.9 Å². The Bertz CT molecular complexity index is 792. The lowest BCUT2D eigenvalue weighted by Gasteiger charge is -2.17. The minimum atomic E-state index is -0.477. The number of carbonyl (C=O) groups excluding carboxylic acids is 2. The van der Waals surface area contributed by atoms with Crippen LogP contribution < -0.4 is 10.6 Å². The first kappa shape index (κ1) is 19.6. The number of carbonyl (C=O) groups is 2. The van der Waals surface area contributed by atoms with Gasteiger partial charge in [-0.05, 0) is 49.7 Å². The fourth-order valence-electron chi connectivity index (χ4n) is 2.60. The maximum absolute atomic E-state index is 13.8. The summed E-state index contributed by atoms with van der Waals surface area (Å²) in [6, 6.07) is 12.2. The SMILES string of the molecule is CCc1ccccc1NC(=O)CN(C)CC(=O)Nc1ccc(C)cc1F. The Morgan fingerprint density at radius 1 is 1.00 bits per heavy atom. The zero-order chi connectivity index (χ0) is 19.1. The molecule has 0 heterocycles. The van der Waals surface area contributed by atoms with E-state index in [4.69, 9.17) is 0 Å². The van der Waals surface area contributed by atoms with Crippen molar-refractivity contribution < 1.29 is 14.0 Å². The van der Waals surface area contributed by atoms with Crippen molar-refractivity contribution in [3.05, 3.63) is 59.4 Å². The zero-order valence-corrected chi connectivity index (χ0v) is 15.3. The number of benzene rings is 2. The number of halogens is 1. The quantitative estimate of drug-likeness (QED) is 0.800. The van der Waals surface area contributed by atoms with Crippen LogP contribution in [0.25, 0.3) is 0 Å². The van der Waals surface area contributed by atoms with E-state index in [0.717, 1.165) is 23.2 Å². The van der Waals surface area contributed by atoms with E-state index in [1.165, 1.54) is 12.1 Å². The summed E-state index contributed by atoms with van der Waals surface area (Å²) in [4.78, 5) is 25.8. The van der Waals surface area contributed by atoms with Crippen molar-refractivity contribution in [3.8, 4) is 0 Å². The van der Waals surface area contributed by atoms with E-state index < -0.39 is 5.82 Å². The Balaban J connectivity index is 1.86. The molecule has 0 saturated heterocycles. The Morgan fingerprint density at radius 3 is 2.23 bits per heavy atom. The Hall–Kier alpha value is -2.73. The van der Waals surface area contributed by atoms with Gasteiger partial charge in [0.15, 0.2) is 0 Å². The first-order valence-electron chi connectivity index (χ1n) is 8.51. The molecule has 0 spiro atoms. The van der Waals surface area contributed by atoms with Crippen LogP contribution >= 0.6 is 0 Å². The summed E-state index contributed by atoms with van der Waals surface area (Å²) in [6.45, 7) is 3.83. The van der Waals surface area contributed by atoms with Crippen LogP contribution in [0.2, 0.25) is 0 Å². The van der Waals surface area contributed by atoms with Crippen LogP contribution in [0.5, 0.6) is 0 Å². The molecule has 0 radical (unpaired) electrons. The van der Waals surface area contributed by atoms with E-state index in [-0.39, 0.29) is 30.6 Å². The predicted molar refractivity (Wildman–Crippen MR) is 102 cm³/mol. The number of anilines is 2. The molecule has 26 heavy (non-hydrogen) atoms. The lowest BCUT2D eigenvalue weighted by Crippen LogP contribution is -2.36. The lowest BCUT2D eigenvalue weighted by molar-refractivity contribution is -0.119. The summed E-state index contributed by atoms with van der Waals surface area (Å²) in [7, 11) is 1.66. The molecule has 0 atom stereocenters. The van der Waals surface area contributed by atoms with Gasteiger partial charge in [0.05, 0.1) is 18.8 Å². The van der Waals surface area contributed by atoms with Gasteiger partial charge < -0.3 is 10.6 Å². The van der Waals surface area contributed by atoms with Gasteiger partial charge in [0.25, 0.3) is 0 Å². The van der Waals surface area contributed by atoms with Crippen molar-refractivity contribution >= 4 is 23.2 Å². The number of hydrogen-bond acceptors (Lipinski definition) is 3. The van der Waals surface area contributed by atoms with Gasteiger partial charge in [0.1, 0.15) is 5.82 Å². The minimum absolute atomic E-state index is 0.0177. The van der Waals surface area contributed by atoms with E-state index in [9.17, 15) is 14.0 Å². The molecule has 0 unspecified atom stereocenters. The molecular weight excluding hydrogens is 333 g/mol. The van der Waals surface area contributed by atoms with Gasteiger partial charge in [0.2, 0.25) is 11.8 Å². The van der Waals surface area contributed by atoms with Crippen molar-refractivity contribution in [2.24, 2.45) is 0 Å². The average Bonchev–Trinajstić information content (AvgIpc) is 2.57.